The number of carbonyl (C=O) groups excluding carboxylic acids is 1. The Morgan fingerprint density at radius 2 is 1.84 bits per heavy atom. The molecule has 0 saturated heterocycles. The molecule has 0 aliphatic rings. The van der Waals surface area contributed by atoms with Crippen LogP contribution in [-0.4, -0.2) is 22.9 Å². The van der Waals surface area contributed by atoms with Crippen molar-refractivity contribution in [1.29, 1.82) is 0 Å². The average molecular weight is 258 g/mol. The van der Waals surface area contributed by atoms with Crippen LogP contribution >= 0.6 is 0 Å². The summed E-state index contributed by atoms with van der Waals surface area (Å²) in [5.74, 6) is 0.555. The number of hydrogen-bond acceptors (Lipinski definition) is 6. The van der Waals surface area contributed by atoms with Crippen molar-refractivity contribution in [2.75, 3.05) is 23.5 Å². The molecule has 0 unspecified atom stereocenters. The third kappa shape index (κ3) is 2.89. The van der Waals surface area contributed by atoms with Gasteiger partial charge in [0.1, 0.15) is 12.0 Å². The van der Waals surface area contributed by atoms with E-state index in [1.165, 1.54) is 6.33 Å². The van der Waals surface area contributed by atoms with Crippen LogP contribution < -0.4 is 21.9 Å². The fraction of sp³-hybridized carbons (Fsp3) is 0.0833. The fourth-order valence-corrected chi connectivity index (χ4v) is 1.47. The highest BCUT2D eigenvalue weighted by Crippen LogP contribution is 2.20. The molecule has 5 N–H and O–H groups in total. The van der Waals surface area contributed by atoms with Crippen molar-refractivity contribution < 1.29 is 4.79 Å². The van der Waals surface area contributed by atoms with Crippen LogP contribution in [0, 0.1) is 0 Å². The van der Waals surface area contributed by atoms with Gasteiger partial charge in [-0.05, 0) is 12.1 Å². The van der Waals surface area contributed by atoms with Gasteiger partial charge in [-0.15, -0.1) is 0 Å². The summed E-state index contributed by atoms with van der Waals surface area (Å²) in [6.07, 6.45) is 1.35. The third-order valence-electron chi connectivity index (χ3n) is 2.45. The number of rotatable bonds is 4. The monoisotopic (exact) mass is 258 g/mol. The van der Waals surface area contributed by atoms with E-state index in [-0.39, 0.29) is 5.91 Å². The van der Waals surface area contributed by atoms with Gasteiger partial charge in [0.2, 0.25) is 0 Å². The zero-order valence-corrected chi connectivity index (χ0v) is 10.3. The van der Waals surface area contributed by atoms with E-state index in [1.807, 2.05) is 6.07 Å². The summed E-state index contributed by atoms with van der Waals surface area (Å²) in [4.78, 5) is 19.7. The molecule has 0 fully saturated rings. The van der Waals surface area contributed by atoms with E-state index in [0.29, 0.717) is 22.9 Å². The van der Waals surface area contributed by atoms with Crippen molar-refractivity contribution in [3.05, 3.63) is 42.2 Å². The summed E-state index contributed by atoms with van der Waals surface area (Å²) in [5.41, 5.74) is 11.9. The first-order chi connectivity index (χ1) is 9.22. The van der Waals surface area contributed by atoms with E-state index in [4.69, 9.17) is 5.73 Å². The number of nitrogen functional groups attached to an aromatic ring is 1. The van der Waals surface area contributed by atoms with Gasteiger partial charge in [0.05, 0.1) is 0 Å². The second-order valence-corrected chi connectivity index (χ2v) is 3.68. The molecule has 0 radical (unpaired) electrons. The van der Waals surface area contributed by atoms with E-state index in [9.17, 15) is 4.79 Å². The van der Waals surface area contributed by atoms with Crippen LogP contribution in [-0.2, 0) is 0 Å². The SMILES string of the molecule is CNc1ncnc(NNC(=O)c2ccccc2)c1N. The maximum Gasteiger partial charge on any atom is 0.269 e. The number of benzene rings is 1. The van der Waals surface area contributed by atoms with Gasteiger partial charge < -0.3 is 11.1 Å². The van der Waals surface area contributed by atoms with Crippen molar-refractivity contribution in [1.82, 2.24) is 15.4 Å². The van der Waals surface area contributed by atoms with Crippen LogP contribution in [0.2, 0.25) is 0 Å². The number of aromatic nitrogens is 2. The van der Waals surface area contributed by atoms with E-state index in [0.717, 1.165) is 0 Å². The molecule has 0 saturated carbocycles. The molecule has 19 heavy (non-hydrogen) atoms. The molecular formula is C12H14N6O. The molecule has 0 aliphatic carbocycles. The molecule has 7 heteroatoms. The Labute approximate surface area is 110 Å². The molecular weight excluding hydrogens is 244 g/mol. The number of nitrogens with zero attached hydrogens (tertiary/aromatic N) is 2. The lowest BCUT2D eigenvalue weighted by molar-refractivity contribution is 0.0962. The van der Waals surface area contributed by atoms with Crippen molar-refractivity contribution >= 4 is 23.2 Å². The lowest BCUT2D eigenvalue weighted by Gasteiger charge is -2.11. The van der Waals surface area contributed by atoms with E-state index in [2.05, 4.69) is 26.1 Å². The van der Waals surface area contributed by atoms with Gasteiger partial charge in [0.25, 0.3) is 5.91 Å². The highest BCUT2D eigenvalue weighted by molar-refractivity contribution is 5.95. The maximum atomic E-state index is 11.8. The van der Waals surface area contributed by atoms with Gasteiger partial charge in [0, 0.05) is 12.6 Å². The minimum Gasteiger partial charge on any atom is -0.393 e. The summed E-state index contributed by atoms with van der Waals surface area (Å²) in [6.45, 7) is 0. The van der Waals surface area contributed by atoms with Crippen LogP contribution in [0.5, 0.6) is 0 Å². The summed E-state index contributed by atoms with van der Waals surface area (Å²) in [6, 6.07) is 8.82. The fourth-order valence-electron chi connectivity index (χ4n) is 1.47. The summed E-state index contributed by atoms with van der Waals surface area (Å²) in [7, 11) is 1.70. The summed E-state index contributed by atoms with van der Waals surface area (Å²) >= 11 is 0. The Balaban J connectivity index is 2.05. The number of nitrogens with two attached hydrogens (primary N) is 1. The van der Waals surface area contributed by atoms with Crippen LogP contribution in [0.15, 0.2) is 36.7 Å². The average Bonchev–Trinajstić information content (AvgIpc) is 2.47. The van der Waals surface area contributed by atoms with Gasteiger partial charge >= 0.3 is 0 Å². The summed E-state index contributed by atoms with van der Waals surface area (Å²) in [5, 5.41) is 2.83. The van der Waals surface area contributed by atoms with Crippen LogP contribution in [0.3, 0.4) is 0 Å². The molecule has 7 nitrogen and oxygen atoms in total. The van der Waals surface area contributed by atoms with Crippen molar-refractivity contribution in [3.63, 3.8) is 0 Å². The first-order valence-electron chi connectivity index (χ1n) is 5.62. The Kier molecular flexibility index (Phi) is 3.77. The molecule has 1 aromatic carbocycles. The number of amides is 1. The van der Waals surface area contributed by atoms with Crippen molar-refractivity contribution in [2.24, 2.45) is 0 Å². The normalized spacial score (nSPS) is 9.74. The van der Waals surface area contributed by atoms with Gasteiger partial charge in [-0.25, -0.2) is 9.97 Å². The van der Waals surface area contributed by atoms with Gasteiger partial charge in [-0.1, -0.05) is 18.2 Å². The molecule has 0 spiro atoms. The minimum absolute atomic E-state index is 0.274. The first kappa shape index (κ1) is 12.6. The predicted octanol–water partition coefficient (Wildman–Crippen LogP) is 0.857. The van der Waals surface area contributed by atoms with Crippen molar-refractivity contribution in [2.45, 2.75) is 0 Å². The van der Waals surface area contributed by atoms with Crippen LogP contribution in [0.1, 0.15) is 10.4 Å². The Morgan fingerprint density at radius 3 is 2.53 bits per heavy atom. The van der Waals surface area contributed by atoms with Crippen LogP contribution in [0.4, 0.5) is 17.3 Å². The zero-order chi connectivity index (χ0) is 13.7. The van der Waals surface area contributed by atoms with Gasteiger partial charge in [0.15, 0.2) is 11.6 Å². The second kappa shape index (κ2) is 5.67. The smallest absolute Gasteiger partial charge is 0.269 e. The summed E-state index contributed by atoms with van der Waals surface area (Å²) < 4.78 is 0. The maximum absolute atomic E-state index is 11.8. The largest absolute Gasteiger partial charge is 0.393 e. The number of carbonyl (C=O) groups is 1. The molecule has 1 heterocycles. The molecule has 2 rings (SSSR count). The highest BCUT2D eigenvalue weighted by atomic mass is 16.2. The minimum atomic E-state index is -0.274. The molecule has 2 aromatic rings. The highest BCUT2D eigenvalue weighted by Gasteiger charge is 2.08. The standard InChI is InChI=1S/C12H14N6O/c1-14-10-9(13)11(16-7-15-10)17-18-12(19)8-5-3-2-4-6-8/h2-7H,13H2,1H3,(H,18,19)(H2,14,15,16,17). The number of anilines is 3. The second-order valence-electron chi connectivity index (χ2n) is 3.68. The molecule has 1 amide bonds. The van der Waals surface area contributed by atoms with E-state index in [1.54, 1.807) is 31.3 Å². The molecule has 1 aromatic heterocycles. The first-order valence-corrected chi connectivity index (χ1v) is 5.62. The number of nitrogens with one attached hydrogen (secondary N) is 3. The lowest BCUT2D eigenvalue weighted by atomic mass is 10.2. The number of hydrazine groups is 1. The Morgan fingerprint density at radius 1 is 1.16 bits per heavy atom. The van der Waals surface area contributed by atoms with Crippen LogP contribution in [0.25, 0.3) is 0 Å². The van der Waals surface area contributed by atoms with Gasteiger partial charge in [-0.3, -0.25) is 15.6 Å². The Hall–Kier alpha value is -2.83. The third-order valence-corrected chi connectivity index (χ3v) is 2.45. The van der Waals surface area contributed by atoms with Crippen molar-refractivity contribution in [3.8, 4) is 0 Å². The number of hydrogen-bond donors (Lipinski definition) is 4. The molecule has 0 atom stereocenters. The van der Waals surface area contributed by atoms with E-state index >= 15 is 0 Å². The molecule has 0 bridgehead atoms. The quantitative estimate of drug-likeness (QED) is 0.606. The predicted molar refractivity (Wildman–Crippen MR) is 73.5 cm³/mol. The topological polar surface area (TPSA) is 105 Å². The molecule has 0 aliphatic heterocycles. The Bertz CT molecular complexity index is 572. The lowest BCUT2D eigenvalue weighted by Crippen LogP contribution is -2.30. The zero-order valence-electron chi connectivity index (χ0n) is 10.3. The van der Waals surface area contributed by atoms with Gasteiger partial charge in [-0.2, -0.15) is 0 Å². The molecule has 98 valence electrons. The van der Waals surface area contributed by atoms with E-state index < -0.39 is 0 Å².